The first-order valence-corrected chi connectivity index (χ1v) is 11.5. The third kappa shape index (κ3) is 7.78. The van der Waals surface area contributed by atoms with Crippen molar-refractivity contribution in [2.75, 3.05) is 27.2 Å². The van der Waals surface area contributed by atoms with E-state index in [4.69, 9.17) is 4.42 Å². The maximum Gasteiger partial charge on any atom is 0.273 e. The lowest BCUT2D eigenvalue weighted by molar-refractivity contribution is 0.0946. The summed E-state index contributed by atoms with van der Waals surface area (Å²) in [6.45, 7) is 9.54. The third-order valence-electron chi connectivity index (χ3n) is 5.53. The molecule has 1 amide bonds. The van der Waals surface area contributed by atoms with Crippen molar-refractivity contribution in [3.8, 4) is 0 Å². The highest BCUT2D eigenvalue weighted by molar-refractivity contribution is 5.91. The smallest absolute Gasteiger partial charge is 0.273 e. The molecule has 2 aromatic carbocycles. The van der Waals surface area contributed by atoms with E-state index in [-0.39, 0.29) is 22.8 Å². The number of rotatable bonds is 10. The highest BCUT2D eigenvalue weighted by Crippen LogP contribution is 2.23. The van der Waals surface area contributed by atoms with Crippen LogP contribution in [0.3, 0.4) is 0 Å². The van der Waals surface area contributed by atoms with Crippen LogP contribution in [0.25, 0.3) is 0 Å². The summed E-state index contributed by atoms with van der Waals surface area (Å²) in [6.07, 6.45) is 1.40. The Balaban J connectivity index is 1.72. The zero-order valence-corrected chi connectivity index (χ0v) is 20.8. The van der Waals surface area contributed by atoms with Crippen LogP contribution in [0.4, 0.5) is 4.39 Å². The van der Waals surface area contributed by atoms with E-state index in [1.165, 1.54) is 24.0 Å². The fraction of sp³-hybridized carbons (Fsp3) is 0.407. The van der Waals surface area contributed by atoms with Crippen molar-refractivity contribution >= 4 is 5.91 Å². The normalized spacial score (nSPS) is 11.9. The third-order valence-corrected chi connectivity index (χ3v) is 5.53. The van der Waals surface area contributed by atoms with Gasteiger partial charge in [0.15, 0.2) is 5.69 Å². The minimum atomic E-state index is -0.259. The Hall–Kier alpha value is -3.03. The molecule has 0 unspecified atom stereocenters. The summed E-state index contributed by atoms with van der Waals surface area (Å²) >= 11 is 0. The number of aromatic nitrogens is 1. The van der Waals surface area contributed by atoms with Crippen molar-refractivity contribution in [2.45, 2.75) is 45.8 Å². The lowest BCUT2D eigenvalue weighted by Gasteiger charge is -2.23. The number of halogens is 1. The van der Waals surface area contributed by atoms with E-state index in [0.29, 0.717) is 32.1 Å². The van der Waals surface area contributed by atoms with Gasteiger partial charge in [-0.05, 0) is 48.3 Å². The highest BCUT2D eigenvalue weighted by atomic mass is 19.1. The Morgan fingerprint density at radius 1 is 0.971 bits per heavy atom. The van der Waals surface area contributed by atoms with Crippen LogP contribution in [0.2, 0.25) is 0 Å². The highest BCUT2D eigenvalue weighted by Gasteiger charge is 2.17. The monoisotopic (exact) mass is 466 g/mol. The summed E-state index contributed by atoms with van der Waals surface area (Å²) in [5.74, 6) is -0.0448. The summed E-state index contributed by atoms with van der Waals surface area (Å²) in [4.78, 5) is 20.9. The van der Waals surface area contributed by atoms with Crippen LogP contribution in [0.1, 0.15) is 53.8 Å². The molecule has 0 aliphatic heterocycles. The molecule has 0 aliphatic rings. The number of nitrogens with one attached hydrogen (secondary N) is 1. The first-order chi connectivity index (χ1) is 16.1. The summed E-state index contributed by atoms with van der Waals surface area (Å²) in [6, 6.07) is 15.1. The van der Waals surface area contributed by atoms with Gasteiger partial charge in [0.25, 0.3) is 5.91 Å². The number of amides is 1. The number of benzene rings is 2. The molecular weight excluding hydrogens is 431 g/mol. The van der Waals surface area contributed by atoms with Crippen molar-refractivity contribution in [1.29, 1.82) is 0 Å². The predicted molar refractivity (Wildman–Crippen MR) is 132 cm³/mol. The van der Waals surface area contributed by atoms with Gasteiger partial charge < -0.3 is 14.6 Å². The van der Waals surface area contributed by atoms with Crippen LogP contribution in [0.15, 0.2) is 59.2 Å². The topological polar surface area (TPSA) is 61.6 Å². The van der Waals surface area contributed by atoms with Crippen LogP contribution in [0, 0.1) is 5.82 Å². The molecule has 7 heteroatoms. The van der Waals surface area contributed by atoms with Gasteiger partial charge in [0.05, 0.1) is 6.54 Å². The Labute approximate surface area is 201 Å². The molecule has 34 heavy (non-hydrogen) atoms. The standard InChI is InChI=1S/C27H35FN4O2/c1-27(2,3)22-10-6-20(7-11-22)16-32(17-21-8-12-23(28)13-9-21)18-25-30-24(19-34-25)26(33)29-14-15-31(4)5/h6-13,19H,14-18H2,1-5H3,(H,29,33). The van der Waals surface area contributed by atoms with E-state index in [0.717, 1.165) is 17.7 Å². The number of carbonyl (C=O) groups excluding carboxylic acids is 1. The van der Waals surface area contributed by atoms with E-state index in [9.17, 15) is 9.18 Å². The molecule has 0 spiro atoms. The van der Waals surface area contributed by atoms with Crippen LogP contribution >= 0.6 is 0 Å². The number of carbonyl (C=O) groups is 1. The van der Waals surface area contributed by atoms with E-state index < -0.39 is 0 Å². The number of hydrogen-bond donors (Lipinski definition) is 1. The Morgan fingerprint density at radius 3 is 2.12 bits per heavy atom. The van der Waals surface area contributed by atoms with Gasteiger partial charge in [-0.2, -0.15) is 0 Å². The van der Waals surface area contributed by atoms with Crippen LogP contribution < -0.4 is 5.32 Å². The van der Waals surface area contributed by atoms with Crippen molar-refractivity contribution in [2.24, 2.45) is 0 Å². The van der Waals surface area contributed by atoms with Gasteiger partial charge in [0.1, 0.15) is 12.1 Å². The molecule has 0 saturated heterocycles. The quantitative estimate of drug-likeness (QED) is 0.473. The minimum absolute atomic E-state index is 0.0912. The molecule has 1 N–H and O–H groups in total. The molecule has 0 saturated carbocycles. The molecule has 0 aliphatic carbocycles. The number of likely N-dealkylation sites (N-methyl/N-ethyl adjacent to an activating group) is 1. The Morgan fingerprint density at radius 2 is 1.56 bits per heavy atom. The van der Waals surface area contributed by atoms with Crippen LogP contribution in [-0.4, -0.2) is 47.9 Å². The molecule has 0 bridgehead atoms. The Kier molecular flexibility index (Phi) is 8.58. The SMILES string of the molecule is CN(C)CCNC(=O)c1coc(CN(Cc2ccc(F)cc2)Cc2ccc(C(C)(C)C)cc2)n1. The van der Waals surface area contributed by atoms with E-state index in [1.807, 2.05) is 19.0 Å². The molecule has 0 atom stereocenters. The van der Waals surface area contributed by atoms with Gasteiger partial charge in [0, 0.05) is 26.2 Å². The zero-order chi connectivity index (χ0) is 24.7. The summed E-state index contributed by atoms with van der Waals surface area (Å²) in [7, 11) is 3.90. The molecule has 1 aromatic heterocycles. The molecule has 3 aromatic rings. The van der Waals surface area contributed by atoms with E-state index in [2.05, 4.69) is 60.2 Å². The molecule has 0 fully saturated rings. The molecule has 0 radical (unpaired) electrons. The minimum Gasteiger partial charge on any atom is -0.447 e. The summed E-state index contributed by atoms with van der Waals surface area (Å²) in [5, 5.41) is 2.85. The first-order valence-electron chi connectivity index (χ1n) is 11.5. The van der Waals surface area contributed by atoms with Gasteiger partial charge in [-0.3, -0.25) is 9.69 Å². The van der Waals surface area contributed by atoms with E-state index >= 15 is 0 Å². The molecular formula is C27H35FN4O2. The molecule has 182 valence electrons. The van der Waals surface area contributed by atoms with Crippen molar-refractivity contribution in [1.82, 2.24) is 20.1 Å². The second-order valence-electron chi connectivity index (χ2n) is 9.90. The zero-order valence-electron chi connectivity index (χ0n) is 20.8. The fourth-order valence-electron chi connectivity index (χ4n) is 3.55. The lowest BCUT2D eigenvalue weighted by Crippen LogP contribution is -2.31. The summed E-state index contributed by atoms with van der Waals surface area (Å²) in [5.41, 5.74) is 3.78. The number of nitrogens with zero attached hydrogens (tertiary/aromatic N) is 3. The van der Waals surface area contributed by atoms with Crippen molar-refractivity contribution < 1.29 is 13.6 Å². The number of hydrogen-bond acceptors (Lipinski definition) is 5. The second-order valence-corrected chi connectivity index (χ2v) is 9.90. The average molecular weight is 467 g/mol. The van der Waals surface area contributed by atoms with Gasteiger partial charge >= 0.3 is 0 Å². The Bertz CT molecular complexity index is 1050. The second kappa shape index (κ2) is 11.4. The van der Waals surface area contributed by atoms with Gasteiger partial charge in [-0.15, -0.1) is 0 Å². The predicted octanol–water partition coefficient (Wildman–Crippen LogP) is 4.61. The molecule has 1 heterocycles. The largest absolute Gasteiger partial charge is 0.447 e. The first kappa shape index (κ1) is 25.6. The average Bonchev–Trinajstić information content (AvgIpc) is 3.23. The maximum absolute atomic E-state index is 13.4. The van der Waals surface area contributed by atoms with Crippen molar-refractivity contribution in [3.05, 3.63) is 88.9 Å². The van der Waals surface area contributed by atoms with E-state index in [1.54, 1.807) is 12.1 Å². The van der Waals surface area contributed by atoms with Crippen LogP contribution in [-0.2, 0) is 25.0 Å². The number of oxazole rings is 1. The van der Waals surface area contributed by atoms with Gasteiger partial charge in [-0.25, -0.2) is 9.37 Å². The van der Waals surface area contributed by atoms with Crippen LogP contribution in [0.5, 0.6) is 0 Å². The lowest BCUT2D eigenvalue weighted by atomic mass is 9.87. The molecule has 6 nitrogen and oxygen atoms in total. The van der Waals surface area contributed by atoms with Gasteiger partial charge in [-0.1, -0.05) is 57.2 Å². The van der Waals surface area contributed by atoms with Crippen molar-refractivity contribution in [3.63, 3.8) is 0 Å². The fourth-order valence-corrected chi connectivity index (χ4v) is 3.55. The maximum atomic E-state index is 13.4. The van der Waals surface area contributed by atoms with Gasteiger partial charge in [0.2, 0.25) is 5.89 Å². The summed E-state index contributed by atoms with van der Waals surface area (Å²) < 4.78 is 19.0. The molecule has 3 rings (SSSR count).